The van der Waals surface area contributed by atoms with Crippen molar-refractivity contribution in [3.63, 3.8) is 0 Å². The second-order valence-electron chi connectivity index (χ2n) is 12.2. The lowest BCUT2D eigenvalue weighted by Gasteiger charge is -2.36. The summed E-state index contributed by atoms with van der Waals surface area (Å²) in [7, 11) is 0. The Hall–Kier alpha value is -0.220. The Morgan fingerprint density at radius 2 is 0.600 bits per heavy atom. The van der Waals surface area contributed by atoms with Crippen LogP contribution in [0.3, 0.4) is 0 Å². The predicted molar refractivity (Wildman–Crippen MR) is 148 cm³/mol. The third-order valence-electron chi connectivity index (χ3n) is 9.27. The van der Waals surface area contributed by atoms with Gasteiger partial charge in [-0.3, -0.25) is 0 Å². The van der Waals surface area contributed by atoms with Crippen LogP contribution in [0.4, 0.5) is 0 Å². The Bertz CT molecular complexity index is 445. The van der Waals surface area contributed by atoms with Gasteiger partial charge in [0.1, 0.15) is 0 Å². The highest BCUT2D eigenvalue weighted by Crippen LogP contribution is 2.25. The molecule has 0 atom stereocenters. The van der Waals surface area contributed by atoms with Crippen molar-refractivity contribution in [3.05, 3.63) is 0 Å². The van der Waals surface area contributed by atoms with Gasteiger partial charge in [0.15, 0.2) is 0 Å². The van der Waals surface area contributed by atoms with Crippen molar-refractivity contribution in [1.29, 1.82) is 0 Å². The molecule has 35 heavy (non-hydrogen) atoms. The quantitative estimate of drug-likeness (QED) is 0.158. The summed E-state index contributed by atoms with van der Waals surface area (Å²) >= 11 is 0. The smallest absolute Gasteiger partial charge is 0.0788 e. The molecule has 2 nitrogen and oxygen atoms in total. The van der Waals surface area contributed by atoms with Gasteiger partial charge >= 0.3 is 0 Å². The number of halogens is 2. The van der Waals surface area contributed by atoms with Crippen LogP contribution in [0, 0.1) is 0 Å². The standard InChI is InChI=1S/C31H64N2.2FH/c1-3-5-7-8-9-10-11-12-13-14-15-17-25-33(30-22-23-31-33)27-19-16-18-26-32(24-6-4-2)28-20-21-29-32;;/h3-31H2,1-2H3;2*1H/q+2;;/p-2. The van der Waals surface area contributed by atoms with Crippen LogP contribution in [0.25, 0.3) is 0 Å². The molecule has 0 N–H and O–H groups in total. The SMILES string of the molecule is CCCCCCCCCCCCCC[N+]1(CCCCC[N+]2(CCCC)CCCC2)CCCC1.[F-].[F-]. The minimum absolute atomic E-state index is 0. The Kier molecular flexibility index (Phi) is 21.7. The predicted octanol–water partition coefficient (Wildman–Crippen LogP) is 2.89. The summed E-state index contributed by atoms with van der Waals surface area (Å²) < 4.78 is 2.97. The zero-order valence-electron chi connectivity index (χ0n) is 24.2. The molecule has 0 saturated carbocycles. The number of rotatable bonds is 22. The van der Waals surface area contributed by atoms with Gasteiger partial charge < -0.3 is 18.4 Å². The van der Waals surface area contributed by atoms with E-state index in [0.29, 0.717) is 0 Å². The van der Waals surface area contributed by atoms with Gasteiger partial charge in [0.05, 0.1) is 52.4 Å². The normalized spacial score (nSPS) is 18.3. The molecule has 0 unspecified atom stereocenters. The van der Waals surface area contributed by atoms with Crippen molar-refractivity contribution in [3.8, 4) is 0 Å². The summed E-state index contributed by atoms with van der Waals surface area (Å²) in [5.41, 5.74) is 0. The molecule has 0 aromatic rings. The fourth-order valence-corrected chi connectivity index (χ4v) is 6.98. The first-order valence-corrected chi connectivity index (χ1v) is 15.9. The molecule has 0 radical (unpaired) electrons. The van der Waals surface area contributed by atoms with Crippen LogP contribution in [-0.2, 0) is 0 Å². The van der Waals surface area contributed by atoms with E-state index in [0.717, 1.165) is 0 Å². The Balaban J connectivity index is 0.00000578. The molecule has 0 bridgehead atoms. The molecule has 2 heterocycles. The minimum Gasteiger partial charge on any atom is -1.00 e. The summed E-state index contributed by atoms with van der Waals surface area (Å²) in [6, 6.07) is 0. The van der Waals surface area contributed by atoms with Gasteiger partial charge in [-0.05, 0) is 38.5 Å². The van der Waals surface area contributed by atoms with Crippen LogP contribution in [0.2, 0.25) is 0 Å². The van der Waals surface area contributed by atoms with Crippen LogP contribution < -0.4 is 9.41 Å². The highest BCUT2D eigenvalue weighted by molar-refractivity contribution is 4.59. The van der Waals surface area contributed by atoms with Crippen LogP contribution in [0.5, 0.6) is 0 Å². The van der Waals surface area contributed by atoms with Crippen molar-refractivity contribution in [2.45, 2.75) is 149 Å². The van der Waals surface area contributed by atoms with Crippen molar-refractivity contribution < 1.29 is 18.4 Å². The van der Waals surface area contributed by atoms with Crippen molar-refractivity contribution in [2.24, 2.45) is 0 Å². The summed E-state index contributed by atoms with van der Waals surface area (Å²) in [4.78, 5) is 0. The lowest BCUT2D eigenvalue weighted by Crippen LogP contribution is -3.00. The molecular formula is C31H64F2N2. The first-order valence-electron chi connectivity index (χ1n) is 15.9. The van der Waals surface area contributed by atoms with Crippen molar-refractivity contribution in [2.75, 3.05) is 52.4 Å². The summed E-state index contributed by atoms with van der Waals surface area (Å²) in [6.07, 6.45) is 31.0. The summed E-state index contributed by atoms with van der Waals surface area (Å²) in [6.45, 7) is 16.6. The van der Waals surface area contributed by atoms with Gasteiger partial charge in [0.25, 0.3) is 0 Å². The maximum Gasteiger partial charge on any atom is 0.0788 e. The van der Waals surface area contributed by atoms with Gasteiger partial charge in [0, 0.05) is 25.7 Å². The molecule has 0 aromatic heterocycles. The van der Waals surface area contributed by atoms with Gasteiger partial charge in [-0.2, -0.15) is 0 Å². The molecule has 2 aliphatic rings. The van der Waals surface area contributed by atoms with Gasteiger partial charge in [0.2, 0.25) is 0 Å². The fraction of sp³-hybridized carbons (Fsp3) is 1.00. The number of hydrogen-bond acceptors (Lipinski definition) is 0. The van der Waals surface area contributed by atoms with E-state index in [4.69, 9.17) is 0 Å². The summed E-state index contributed by atoms with van der Waals surface area (Å²) in [5, 5.41) is 0. The largest absolute Gasteiger partial charge is 1.00 e. The third-order valence-corrected chi connectivity index (χ3v) is 9.27. The highest BCUT2D eigenvalue weighted by atomic mass is 19.0. The van der Waals surface area contributed by atoms with E-state index < -0.39 is 0 Å². The highest BCUT2D eigenvalue weighted by Gasteiger charge is 2.32. The van der Waals surface area contributed by atoms with E-state index in [1.807, 2.05) is 0 Å². The maximum atomic E-state index is 2.36. The van der Waals surface area contributed by atoms with E-state index in [2.05, 4.69) is 13.8 Å². The topological polar surface area (TPSA) is 0 Å². The van der Waals surface area contributed by atoms with E-state index in [1.165, 1.54) is 196 Å². The molecule has 2 saturated heterocycles. The molecular weight excluding hydrogens is 438 g/mol. The molecule has 212 valence electrons. The first kappa shape index (κ1) is 34.8. The molecule has 2 rings (SSSR count). The van der Waals surface area contributed by atoms with Crippen LogP contribution >= 0.6 is 0 Å². The Morgan fingerprint density at radius 1 is 0.343 bits per heavy atom. The number of unbranched alkanes of at least 4 members (excludes halogenated alkanes) is 14. The van der Waals surface area contributed by atoms with Crippen LogP contribution in [-0.4, -0.2) is 61.3 Å². The molecule has 2 fully saturated rings. The number of quaternary nitrogens is 2. The van der Waals surface area contributed by atoms with E-state index >= 15 is 0 Å². The molecule has 0 amide bonds. The second kappa shape index (κ2) is 21.8. The maximum absolute atomic E-state index is 2.36. The average Bonchev–Trinajstić information content (AvgIpc) is 3.49. The molecule has 0 aliphatic carbocycles. The lowest BCUT2D eigenvalue weighted by atomic mass is 10.0. The van der Waals surface area contributed by atoms with E-state index in [1.54, 1.807) is 0 Å². The molecule has 4 heteroatoms. The second-order valence-corrected chi connectivity index (χ2v) is 12.2. The number of nitrogens with zero attached hydrogens (tertiary/aromatic N) is 2. The monoisotopic (exact) mass is 503 g/mol. The zero-order chi connectivity index (χ0) is 23.5. The van der Waals surface area contributed by atoms with Gasteiger partial charge in [-0.15, -0.1) is 0 Å². The van der Waals surface area contributed by atoms with E-state index in [9.17, 15) is 0 Å². The minimum atomic E-state index is 0. The van der Waals surface area contributed by atoms with Gasteiger partial charge in [-0.1, -0.05) is 84.5 Å². The lowest BCUT2D eigenvalue weighted by molar-refractivity contribution is -0.919. The van der Waals surface area contributed by atoms with Gasteiger partial charge in [-0.25, -0.2) is 0 Å². The van der Waals surface area contributed by atoms with E-state index in [-0.39, 0.29) is 9.41 Å². The van der Waals surface area contributed by atoms with Crippen molar-refractivity contribution in [1.82, 2.24) is 0 Å². The zero-order valence-corrected chi connectivity index (χ0v) is 24.2. The first-order chi connectivity index (χ1) is 16.2. The van der Waals surface area contributed by atoms with Crippen LogP contribution in [0.15, 0.2) is 0 Å². The fourth-order valence-electron chi connectivity index (χ4n) is 6.98. The average molecular weight is 503 g/mol. The number of likely N-dealkylation sites (tertiary alicyclic amines) is 2. The molecule has 0 aromatic carbocycles. The Morgan fingerprint density at radius 3 is 0.943 bits per heavy atom. The molecule has 0 spiro atoms. The van der Waals surface area contributed by atoms with Crippen molar-refractivity contribution >= 4 is 0 Å². The summed E-state index contributed by atoms with van der Waals surface area (Å²) in [5.74, 6) is 0. The molecule has 2 aliphatic heterocycles. The third kappa shape index (κ3) is 14.9. The Labute approximate surface area is 219 Å². The van der Waals surface area contributed by atoms with Crippen LogP contribution in [0.1, 0.15) is 149 Å². The number of hydrogen-bond donors (Lipinski definition) is 0.